The van der Waals surface area contributed by atoms with Crippen LogP contribution in [0.4, 0.5) is 0 Å². The molecule has 20 rings (SSSR count). The number of rotatable bonds is 6. The van der Waals surface area contributed by atoms with Crippen molar-refractivity contribution in [3.8, 4) is 73.2 Å². The van der Waals surface area contributed by atoms with Crippen molar-refractivity contribution in [3.63, 3.8) is 0 Å². The third-order valence-corrected chi connectivity index (χ3v) is 31.9. The lowest BCUT2D eigenvalue weighted by molar-refractivity contribution is 0.418. The number of fused-ring (bicyclic) bond motifs is 11. The van der Waals surface area contributed by atoms with Crippen LogP contribution in [0.25, 0.3) is 114 Å². The lowest BCUT2D eigenvalue weighted by Gasteiger charge is -2.26. The molecule has 0 radical (unpaired) electrons. The summed E-state index contributed by atoms with van der Waals surface area (Å²) in [6, 6.07) is 36.8. The Morgan fingerprint density at radius 3 is 1.35 bits per heavy atom. The Balaban J connectivity index is 0.000000157. The Kier molecular flexibility index (Phi) is 28.1. The SMILES string of the molecule is C.C.C.C.C.C.CC1=CC2C(S1)c1cc3c(cc1C2(C)C)-c1sc(C)cc1C3(C)C.Cc1cc(C)c(-c2nc3sc(-c4sc(C)cc4C)nc3s2)s1.Cc1cc2c(s1)c1sc(C)cc1n2C.Cc1ccc(-c2ccc(-c3ccc(C)o3)c3nn(C)nc23)o1.Cc1ccc(-c2ccc(C)s2)nc1.Cc1ncc(-c2cnc(C)s2)s1. The largest absolute Gasteiger partial charge is 0.461 e. The summed E-state index contributed by atoms with van der Waals surface area (Å²) in [6.07, 6.45) is 8.25. The highest BCUT2D eigenvalue weighted by Crippen LogP contribution is 2.64. The van der Waals surface area contributed by atoms with Crippen LogP contribution in [0.15, 0.2) is 142 Å². The summed E-state index contributed by atoms with van der Waals surface area (Å²) >= 11 is 20.1. The zero-order valence-corrected chi connectivity index (χ0v) is 72.6. The molecule has 17 aromatic rings. The number of thioether (sulfide) groups is 1. The molecule has 0 spiro atoms. The highest BCUT2D eigenvalue weighted by atomic mass is 32.2. The molecule has 2 atom stereocenters. The summed E-state index contributed by atoms with van der Waals surface area (Å²) < 4.78 is 16.7. The zero-order valence-electron chi connectivity index (χ0n) is 63.6. The van der Waals surface area contributed by atoms with Crippen molar-refractivity contribution >= 4 is 166 Å². The number of nitrogens with zero attached hydrogens (tertiary/aromatic N) is 9. The molecule has 113 heavy (non-hydrogen) atoms. The second kappa shape index (κ2) is 35.5. The topological polar surface area (TPSA) is 126 Å². The van der Waals surface area contributed by atoms with Gasteiger partial charge in [-0.3, -0.25) is 4.98 Å². The van der Waals surface area contributed by atoms with Crippen LogP contribution in [0, 0.1) is 95.9 Å². The van der Waals surface area contributed by atoms with E-state index in [9.17, 15) is 0 Å². The maximum absolute atomic E-state index is 5.74. The first-order valence-electron chi connectivity index (χ1n) is 35.4. The molecule has 0 saturated carbocycles. The number of allylic oxidation sites excluding steroid dienone is 2. The average Bonchev–Trinajstić information content (AvgIpc) is 1.54. The van der Waals surface area contributed by atoms with Crippen molar-refractivity contribution < 1.29 is 8.83 Å². The average molecular weight is 1710 g/mol. The molecular weight excluding hydrogens is 1600 g/mol. The molecule has 0 N–H and O–H groups in total. The number of thiazole rings is 4. The van der Waals surface area contributed by atoms with Gasteiger partial charge in [-0.15, -0.1) is 102 Å². The Morgan fingerprint density at radius 2 is 0.912 bits per heavy atom. The zero-order chi connectivity index (χ0) is 75.4. The van der Waals surface area contributed by atoms with Crippen LogP contribution >= 0.6 is 125 Å². The molecule has 0 fully saturated rings. The van der Waals surface area contributed by atoms with Gasteiger partial charge >= 0.3 is 0 Å². The van der Waals surface area contributed by atoms with Gasteiger partial charge < -0.3 is 13.4 Å². The fourth-order valence-corrected chi connectivity index (χ4v) is 26.2. The Hall–Kier alpha value is -7.58. The summed E-state index contributed by atoms with van der Waals surface area (Å²) in [5.74, 6) is 3.98. The van der Waals surface area contributed by atoms with Gasteiger partial charge in [0, 0.05) is 94.5 Å². The summed E-state index contributed by atoms with van der Waals surface area (Å²) in [4.78, 5) is 43.7. The standard InChI is InChI=1S/C22H24S2.C17H15N3O2.C16H14N2S4.C11H11NS2.C11H11NS.C8H8N2S2.6CH4/c1-11-7-17-19(23-11)13-9-16-14(10-15(13)21(17,3)4)20-18(22(16,5)6)8-12(2)24-20;1-10-4-8-14(21-10)12-6-7-13(15-9-5-11(2)22-15)17-16(12)18-20(3)19-17;1-7-5-9(3)19-11(7)13-17-15-16(21-13)18-14(22-15)12-8(2)6-10(4)20-12;1-6-4-8-10(13-6)11-9(12(8)3)5-7(2)14-11;1-8-3-5-10(12-7-8)11-6-4-9(2)13-11;1-5-9-3-7(11-5)8-4-10-6(2)12-8;;;;;;/h7-10,17,19H,1-6H3;4-9H,1-3H3;5-6H,1-4H3;4-5H,1-3H3;3-7H,1-2H3;3-4H,1-2H3;6*1H4. The van der Waals surface area contributed by atoms with Crippen LogP contribution < -0.4 is 0 Å². The summed E-state index contributed by atoms with van der Waals surface area (Å²) in [6.45, 7) is 39.2. The molecule has 16 heterocycles. The number of furan rings is 2. The van der Waals surface area contributed by atoms with Gasteiger partial charge in [0.25, 0.3) is 0 Å². The van der Waals surface area contributed by atoms with Gasteiger partial charge in [-0.2, -0.15) is 15.0 Å². The van der Waals surface area contributed by atoms with Crippen LogP contribution in [0.3, 0.4) is 0 Å². The Morgan fingerprint density at radius 1 is 0.416 bits per heavy atom. The van der Waals surface area contributed by atoms with Gasteiger partial charge in [0.05, 0.1) is 60.5 Å². The summed E-state index contributed by atoms with van der Waals surface area (Å²) in [5, 5.41) is 14.0. The highest BCUT2D eigenvalue weighted by molar-refractivity contribution is 8.03. The van der Waals surface area contributed by atoms with Gasteiger partial charge in [0.15, 0.2) is 9.66 Å². The molecular formula is C91H107N9O2S11. The smallest absolute Gasteiger partial charge is 0.155 e. The van der Waals surface area contributed by atoms with E-state index in [2.05, 4.69) is 218 Å². The second-order valence-electron chi connectivity index (χ2n) is 28.8. The number of hydrogen-bond acceptors (Lipinski definition) is 20. The van der Waals surface area contributed by atoms with E-state index >= 15 is 0 Å². The van der Waals surface area contributed by atoms with Gasteiger partial charge in [-0.05, 0) is 243 Å². The number of aromatic nitrogens is 9. The summed E-state index contributed by atoms with van der Waals surface area (Å²) in [7, 11) is 3.97. The van der Waals surface area contributed by atoms with Gasteiger partial charge in [-0.1, -0.05) is 113 Å². The fraction of sp³-hybridized carbons (Fsp3) is 0.330. The van der Waals surface area contributed by atoms with Crippen LogP contribution in [0.1, 0.15) is 174 Å². The van der Waals surface area contributed by atoms with E-state index in [0.29, 0.717) is 11.2 Å². The molecule has 2 unspecified atom stereocenters. The van der Waals surface area contributed by atoms with Crippen molar-refractivity contribution in [2.45, 2.75) is 185 Å². The minimum Gasteiger partial charge on any atom is -0.461 e. The van der Waals surface area contributed by atoms with Crippen molar-refractivity contribution in [1.29, 1.82) is 0 Å². The van der Waals surface area contributed by atoms with Crippen molar-refractivity contribution in [2.75, 3.05) is 0 Å². The van der Waals surface area contributed by atoms with E-state index in [1.807, 2.05) is 146 Å². The first-order valence-corrected chi connectivity index (χ1v) is 44.4. The van der Waals surface area contributed by atoms with Crippen molar-refractivity contribution in [3.05, 3.63) is 222 Å². The normalized spacial score (nSPS) is 14.1. The number of hydrogen-bond donors (Lipinski definition) is 0. The fourth-order valence-electron chi connectivity index (χ4n) is 14.4. The van der Waals surface area contributed by atoms with Gasteiger partial charge in [0.1, 0.15) is 44.1 Å². The third-order valence-electron chi connectivity index (χ3n) is 19.6. The van der Waals surface area contributed by atoms with E-state index in [0.717, 1.165) is 80.6 Å². The monoisotopic (exact) mass is 1710 g/mol. The maximum atomic E-state index is 5.74. The van der Waals surface area contributed by atoms with Gasteiger partial charge in [-0.25, -0.2) is 19.9 Å². The number of benzene rings is 2. The lowest BCUT2D eigenvalue weighted by Crippen LogP contribution is -2.22. The van der Waals surface area contributed by atoms with Gasteiger partial charge in [0.2, 0.25) is 0 Å². The number of thiophene rings is 6. The molecule has 2 aliphatic carbocycles. The van der Waals surface area contributed by atoms with Crippen molar-refractivity contribution in [2.24, 2.45) is 20.0 Å². The third kappa shape index (κ3) is 17.7. The first kappa shape index (κ1) is 89.4. The molecule has 15 aromatic heterocycles. The Bertz CT molecular complexity index is 5920. The minimum absolute atomic E-state index is 0. The molecule has 0 saturated heterocycles. The molecule has 22 heteroatoms. The van der Waals surface area contributed by atoms with E-state index in [4.69, 9.17) is 18.8 Å². The minimum atomic E-state index is 0. The quantitative estimate of drug-likeness (QED) is 0.159. The predicted molar refractivity (Wildman–Crippen MR) is 507 cm³/mol. The molecule has 3 aliphatic rings. The van der Waals surface area contributed by atoms with Crippen molar-refractivity contribution in [1.82, 2.24) is 44.5 Å². The molecule has 11 nitrogen and oxygen atoms in total. The molecule has 0 bridgehead atoms. The molecule has 0 amide bonds. The van der Waals surface area contributed by atoms with Crippen LogP contribution in [-0.4, -0.2) is 44.5 Å². The maximum Gasteiger partial charge on any atom is 0.155 e. The number of pyridine rings is 1. The number of aryl methyl sites for hydroxylation is 15. The Labute approximate surface area is 713 Å². The van der Waals surface area contributed by atoms with Crippen LogP contribution in [-0.2, 0) is 24.9 Å². The lowest BCUT2D eigenvalue weighted by atomic mass is 9.77. The van der Waals surface area contributed by atoms with E-state index < -0.39 is 0 Å². The van der Waals surface area contributed by atoms with E-state index in [-0.39, 0.29) is 55.4 Å². The predicted octanol–water partition coefficient (Wildman–Crippen LogP) is 31.7. The molecule has 1 aliphatic heterocycles. The van der Waals surface area contributed by atoms with Crippen LogP contribution in [0.2, 0.25) is 0 Å². The van der Waals surface area contributed by atoms with E-state index in [1.165, 1.54) is 112 Å². The highest BCUT2D eigenvalue weighted by Gasteiger charge is 2.50. The van der Waals surface area contributed by atoms with E-state index in [1.54, 1.807) is 78.2 Å². The molecule has 594 valence electrons. The summed E-state index contributed by atoms with van der Waals surface area (Å²) in [5.41, 5.74) is 19.3. The van der Waals surface area contributed by atoms with Crippen LogP contribution in [0.5, 0.6) is 0 Å². The molecule has 2 aromatic carbocycles. The first-order chi connectivity index (χ1) is 51.0. The second-order valence-corrected chi connectivity index (χ2v) is 42.2.